The van der Waals surface area contributed by atoms with Crippen LogP contribution in [0.2, 0.25) is 0 Å². The first-order valence-electron chi connectivity index (χ1n) is 8.10. The van der Waals surface area contributed by atoms with E-state index in [1.807, 2.05) is 12.4 Å². The van der Waals surface area contributed by atoms with E-state index in [2.05, 4.69) is 41.1 Å². The van der Waals surface area contributed by atoms with Gasteiger partial charge in [-0.15, -0.1) is 0 Å². The number of piperidine rings is 1. The van der Waals surface area contributed by atoms with E-state index in [1.165, 1.54) is 25.9 Å². The molecule has 1 fully saturated rings. The number of nitrogens with zero attached hydrogens (tertiary/aromatic N) is 4. The largest absolute Gasteiger partial charge is 0.358 e. The Hall–Kier alpha value is -1.20. The van der Waals surface area contributed by atoms with Gasteiger partial charge in [-0.25, -0.2) is 4.98 Å². The Bertz CT molecular complexity index is 415. The Morgan fingerprint density at radius 1 is 1.33 bits per heavy atom. The Morgan fingerprint density at radius 3 is 2.81 bits per heavy atom. The summed E-state index contributed by atoms with van der Waals surface area (Å²) in [7, 11) is 4.34. The third-order valence-corrected chi connectivity index (χ3v) is 4.17. The molecule has 21 heavy (non-hydrogen) atoms. The molecule has 5 heteroatoms. The fraction of sp³-hybridized carbons (Fsp3) is 0.750. The molecule has 118 valence electrons. The molecule has 1 aliphatic heterocycles. The average molecular weight is 291 g/mol. The van der Waals surface area contributed by atoms with Gasteiger partial charge in [-0.2, -0.15) is 0 Å². The van der Waals surface area contributed by atoms with Gasteiger partial charge in [0.2, 0.25) is 0 Å². The standard InChI is InChI=1S/C16H29N5/c1-4-7-17-10-15-11-18-12-16(19-15)21(3)13-14-5-8-20(2)9-6-14/h11-12,14,17H,4-10,13H2,1-3H3. The van der Waals surface area contributed by atoms with Crippen LogP contribution < -0.4 is 10.2 Å². The van der Waals surface area contributed by atoms with Crippen molar-refractivity contribution in [3.63, 3.8) is 0 Å². The molecule has 1 aromatic rings. The Morgan fingerprint density at radius 2 is 2.10 bits per heavy atom. The van der Waals surface area contributed by atoms with Crippen molar-refractivity contribution >= 4 is 5.82 Å². The lowest BCUT2D eigenvalue weighted by molar-refractivity contribution is 0.222. The number of hydrogen-bond donors (Lipinski definition) is 1. The van der Waals surface area contributed by atoms with Gasteiger partial charge in [0.05, 0.1) is 11.9 Å². The van der Waals surface area contributed by atoms with Gasteiger partial charge >= 0.3 is 0 Å². The number of nitrogens with one attached hydrogen (secondary N) is 1. The minimum atomic E-state index is 0.773. The van der Waals surface area contributed by atoms with E-state index < -0.39 is 0 Å². The first-order valence-corrected chi connectivity index (χ1v) is 8.10. The molecular weight excluding hydrogens is 262 g/mol. The lowest BCUT2D eigenvalue weighted by atomic mass is 9.97. The predicted octanol–water partition coefficient (Wildman–Crippen LogP) is 1.75. The molecule has 0 radical (unpaired) electrons. The highest BCUT2D eigenvalue weighted by molar-refractivity contribution is 5.35. The van der Waals surface area contributed by atoms with Gasteiger partial charge in [-0.05, 0) is 51.9 Å². The van der Waals surface area contributed by atoms with E-state index in [4.69, 9.17) is 4.98 Å². The summed E-state index contributed by atoms with van der Waals surface area (Å²) in [6.07, 6.45) is 7.44. The third-order valence-electron chi connectivity index (χ3n) is 4.17. The smallest absolute Gasteiger partial charge is 0.147 e. The van der Waals surface area contributed by atoms with Crippen LogP contribution in [0.1, 0.15) is 31.9 Å². The zero-order chi connectivity index (χ0) is 15.1. The molecule has 0 spiro atoms. The van der Waals surface area contributed by atoms with Crippen LogP contribution in [-0.2, 0) is 6.54 Å². The van der Waals surface area contributed by atoms with E-state index in [0.717, 1.165) is 43.5 Å². The summed E-state index contributed by atoms with van der Waals surface area (Å²) in [6.45, 7) is 7.50. The molecule has 0 bridgehead atoms. The molecule has 1 saturated heterocycles. The fourth-order valence-electron chi connectivity index (χ4n) is 2.78. The molecule has 2 rings (SSSR count). The molecule has 0 aromatic carbocycles. The van der Waals surface area contributed by atoms with Crippen LogP contribution in [0.25, 0.3) is 0 Å². The van der Waals surface area contributed by atoms with Crippen LogP contribution in [0.4, 0.5) is 5.82 Å². The van der Waals surface area contributed by atoms with Crippen LogP contribution in [0.5, 0.6) is 0 Å². The maximum absolute atomic E-state index is 4.72. The Balaban J connectivity index is 1.86. The van der Waals surface area contributed by atoms with Gasteiger partial charge in [0, 0.05) is 26.3 Å². The van der Waals surface area contributed by atoms with Crippen LogP contribution in [-0.4, -0.2) is 55.1 Å². The Kier molecular flexibility index (Phi) is 6.39. The van der Waals surface area contributed by atoms with Crippen molar-refractivity contribution < 1.29 is 0 Å². The van der Waals surface area contributed by atoms with E-state index in [9.17, 15) is 0 Å². The first-order chi connectivity index (χ1) is 10.2. The zero-order valence-corrected chi connectivity index (χ0v) is 13.7. The SMILES string of the molecule is CCCNCc1cncc(N(C)CC2CCN(C)CC2)n1. The molecule has 0 atom stereocenters. The molecule has 0 saturated carbocycles. The summed E-state index contributed by atoms with van der Waals surface area (Å²) in [5, 5.41) is 3.38. The number of aromatic nitrogens is 2. The highest BCUT2D eigenvalue weighted by Crippen LogP contribution is 2.19. The fourth-order valence-corrected chi connectivity index (χ4v) is 2.78. The van der Waals surface area contributed by atoms with Crippen molar-refractivity contribution in [3.05, 3.63) is 18.1 Å². The van der Waals surface area contributed by atoms with Crippen molar-refractivity contribution in [2.24, 2.45) is 5.92 Å². The van der Waals surface area contributed by atoms with Crippen molar-refractivity contribution in [3.8, 4) is 0 Å². The number of anilines is 1. The van der Waals surface area contributed by atoms with Crippen molar-refractivity contribution in [2.45, 2.75) is 32.7 Å². The minimum absolute atomic E-state index is 0.773. The number of hydrogen-bond acceptors (Lipinski definition) is 5. The van der Waals surface area contributed by atoms with Gasteiger partial charge in [-0.3, -0.25) is 4.98 Å². The first kappa shape index (κ1) is 16.2. The molecule has 5 nitrogen and oxygen atoms in total. The van der Waals surface area contributed by atoms with E-state index >= 15 is 0 Å². The van der Waals surface area contributed by atoms with Crippen LogP contribution >= 0.6 is 0 Å². The van der Waals surface area contributed by atoms with Crippen molar-refractivity contribution in [1.82, 2.24) is 20.2 Å². The van der Waals surface area contributed by atoms with Crippen LogP contribution in [0.3, 0.4) is 0 Å². The second-order valence-corrected chi connectivity index (χ2v) is 6.17. The number of rotatable bonds is 7. The number of likely N-dealkylation sites (tertiary alicyclic amines) is 1. The zero-order valence-electron chi connectivity index (χ0n) is 13.7. The monoisotopic (exact) mass is 291 g/mol. The lowest BCUT2D eigenvalue weighted by Gasteiger charge is -2.32. The van der Waals surface area contributed by atoms with Gasteiger partial charge in [0.25, 0.3) is 0 Å². The quantitative estimate of drug-likeness (QED) is 0.776. The molecule has 0 aliphatic carbocycles. The summed E-state index contributed by atoms with van der Waals surface area (Å²) >= 11 is 0. The molecular formula is C16H29N5. The molecule has 0 unspecified atom stereocenters. The molecule has 2 heterocycles. The minimum Gasteiger partial charge on any atom is -0.358 e. The lowest BCUT2D eigenvalue weighted by Crippen LogP contribution is -2.36. The summed E-state index contributed by atoms with van der Waals surface area (Å²) in [6, 6.07) is 0. The van der Waals surface area contributed by atoms with Gasteiger partial charge < -0.3 is 15.1 Å². The van der Waals surface area contributed by atoms with Gasteiger partial charge in [0.15, 0.2) is 0 Å². The highest BCUT2D eigenvalue weighted by Gasteiger charge is 2.18. The van der Waals surface area contributed by atoms with Gasteiger partial charge in [0.1, 0.15) is 5.82 Å². The van der Waals surface area contributed by atoms with E-state index in [-0.39, 0.29) is 0 Å². The maximum atomic E-state index is 4.72. The molecule has 1 N–H and O–H groups in total. The molecule has 1 aromatic heterocycles. The summed E-state index contributed by atoms with van der Waals surface area (Å²) in [5.41, 5.74) is 1.02. The maximum Gasteiger partial charge on any atom is 0.147 e. The summed E-state index contributed by atoms with van der Waals surface area (Å²) < 4.78 is 0. The summed E-state index contributed by atoms with van der Waals surface area (Å²) in [4.78, 5) is 13.7. The molecule has 0 amide bonds. The highest BCUT2D eigenvalue weighted by atomic mass is 15.2. The van der Waals surface area contributed by atoms with Crippen LogP contribution in [0, 0.1) is 5.92 Å². The van der Waals surface area contributed by atoms with E-state index in [0.29, 0.717) is 0 Å². The van der Waals surface area contributed by atoms with Crippen molar-refractivity contribution in [1.29, 1.82) is 0 Å². The normalized spacial score (nSPS) is 17.1. The second kappa shape index (κ2) is 8.29. The second-order valence-electron chi connectivity index (χ2n) is 6.17. The van der Waals surface area contributed by atoms with Crippen molar-refractivity contribution in [2.75, 3.05) is 45.2 Å². The molecule has 1 aliphatic rings. The van der Waals surface area contributed by atoms with E-state index in [1.54, 1.807) is 0 Å². The third kappa shape index (κ3) is 5.25. The summed E-state index contributed by atoms with van der Waals surface area (Å²) in [5.74, 6) is 1.76. The predicted molar refractivity (Wildman–Crippen MR) is 87.5 cm³/mol. The van der Waals surface area contributed by atoms with Gasteiger partial charge in [-0.1, -0.05) is 6.92 Å². The topological polar surface area (TPSA) is 44.3 Å². The average Bonchev–Trinajstić information content (AvgIpc) is 2.50. The van der Waals surface area contributed by atoms with Crippen LogP contribution in [0.15, 0.2) is 12.4 Å². The Labute approximate surface area is 128 Å².